The second-order valence-electron chi connectivity index (χ2n) is 5.94. The number of hydrogen-bond acceptors (Lipinski definition) is 4. The van der Waals surface area contributed by atoms with E-state index in [9.17, 15) is 9.59 Å². The van der Waals surface area contributed by atoms with E-state index < -0.39 is 12.1 Å². The van der Waals surface area contributed by atoms with Crippen molar-refractivity contribution in [1.29, 1.82) is 0 Å². The first-order chi connectivity index (χ1) is 12.7. The largest absolute Gasteiger partial charge is 0.468 e. The Bertz CT molecular complexity index is 823. The number of amides is 1. The van der Waals surface area contributed by atoms with Crippen molar-refractivity contribution in [1.82, 2.24) is 4.90 Å². The molecule has 0 unspecified atom stereocenters. The zero-order valence-corrected chi connectivity index (χ0v) is 14.5. The first-order valence-corrected chi connectivity index (χ1v) is 8.26. The van der Waals surface area contributed by atoms with Crippen LogP contribution in [-0.4, -0.2) is 43.8 Å². The molecule has 0 spiro atoms. The third-order valence-electron chi connectivity index (χ3n) is 4.42. The molecule has 2 aromatic carbocycles. The van der Waals surface area contributed by atoms with Gasteiger partial charge in [-0.1, -0.05) is 54.5 Å². The van der Waals surface area contributed by atoms with Crippen LogP contribution in [-0.2, 0) is 14.3 Å². The highest BCUT2D eigenvalue weighted by atomic mass is 16.6. The Labute approximate surface area is 152 Å². The van der Waals surface area contributed by atoms with Crippen molar-refractivity contribution in [3.8, 4) is 23.5 Å². The van der Waals surface area contributed by atoms with Crippen LogP contribution < -0.4 is 0 Å². The van der Waals surface area contributed by atoms with Gasteiger partial charge in [0.1, 0.15) is 13.2 Å². The molecule has 0 atom stereocenters. The molecule has 0 bridgehead atoms. The Balaban J connectivity index is 1.76. The molecule has 0 saturated carbocycles. The van der Waals surface area contributed by atoms with E-state index >= 15 is 0 Å². The van der Waals surface area contributed by atoms with Gasteiger partial charge in [-0.05, 0) is 22.3 Å². The monoisotopic (exact) mass is 349 g/mol. The maximum atomic E-state index is 12.4. The van der Waals surface area contributed by atoms with Crippen molar-refractivity contribution in [3.63, 3.8) is 0 Å². The molecule has 0 saturated heterocycles. The van der Waals surface area contributed by atoms with Crippen LogP contribution in [0.1, 0.15) is 17.0 Å². The van der Waals surface area contributed by atoms with E-state index in [2.05, 4.69) is 22.8 Å². The van der Waals surface area contributed by atoms with Crippen LogP contribution in [0.3, 0.4) is 0 Å². The molecule has 2 aromatic rings. The number of carbonyl (C=O) groups excluding carboxylic acids is 2. The molecule has 0 aliphatic heterocycles. The summed E-state index contributed by atoms with van der Waals surface area (Å²) < 4.78 is 10.1. The highest BCUT2D eigenvalue weighted by molar-refractivity contribution is 5.80. The lowest BCUT2D eigenvalue weighted by atomic mass is 9.98. The minimum Gasteiger partial charge on any atom is -0.468 e. The second-order valence-corrected chi connectivity index (χ2v) is 5.94. The van der Waals surface area contributed by atoms with Gasteiger partial charge >= 0.3 is 12.1 Å². The van der Waals surface area contributed by atoms with Crippen LogP contribution in [0.2, 0.25) is 0 Å². The Morgan fingerprint density at radius 1 is 1.08 bits per heavy atom. The molecule has 132 valence electrons. The first-order valence-electron chi connectivity index (χ1n) is 8.26. The zero-order valence-electron chi connectivity index (χ0n) is 14.5. The summed E-state index contributed by atoms with van der Waals surface area (Å²) in [6, 6.07) is 16.2. The van der Waals surface area contributed by atoms with E-state index in [1.165, 1.54) is 7.11 Å². The van der Waals surface area contributed by atoms with Crippen molar-refractivity contribution in [3.05, 3.63) is 59.7 Å². The molecule has 3 rings (SSSR count). The smallest absolute Gasteiger partial charge is 0.411 e. The highest BCUT2D eigenvalue weighted by Crippen LogP contribution is 2.44. The zero-order chi connectivity index (χ0) is 18.5. The van der Waals surface area contributed by atoms with Crippen molar-refractivity contribution in [2.24, 2.45) is 0 Å². The minimum atomic E-state index is -0.629. The van der Waals surface area contributed by atoms with E-state index in [-0.39, 0.29) is 25.6 Å². The average molecular weight is 349 g/mol. The van der Waals surface area contributed by atoms with E-state index in [1.54, 1.807) is 0 Å². The fourth-order valence-electron chi connectivity index (χ4n) is 3.20. The quantitative estimate of drug-likeness (QED) is 0.615. The van der Waals surface area contributed by atoms with Gasteiger partial charge in [0.2, 0.25) is 0 Å². The summed E-state index contributed by atoms with van der Waals surface area (Å²) in [7, 11) is 1.26. The van der Waals surface area contributed by atoms with E-state index in [4.69, 9.17) is 11.2 Å². The Hall–Kier alpha value is -3.26. The Morgan fingerprint density at radius 3 is 2.19 bits per heavy atom. The third kappa shape index (κ3) is 3.40. The van der Waals surface area contributed by atoms with Gasteiger partial charge in [0.15, 0.2) is 0 Å². The van der Waals surface area contributed by atoms with Gasteiger partial charge in [0.25, 0.3) is 0 Å². The first kappa shape index (κ1) is 17.6. The number of carbonyl (C=O) groups is 2. The molecular formula is C21H19NO4. The number of fused-ring (bicyclic) bond motifs is 3. The van der Waals surface area contributed by atoms with Gasteiger partial charge in [0.05, 0.1) is 13.7 Å². The lowest BCUT2D eigenvalue weighted by Crippen LogP contribution is -2.37. The number of hydrogen-bond donors (Lipinski definition) is 0. The molecule has 0 N–H and O–H groups in total. The number of nitrogens with zero attached hydrogens (tertiary/aromatic N) is 1. The van der Waals surface area contributed by atoms with Crippen molar-refractivity contribution in [2.75, 3.05) is 26.8 Å². The minimum absolute atomic E-state index is 0.0220. The fraction of sp³-hybridized carbons (Fsp3) is 0.238. The van der Waals surface area contributed by atoms with Crippen LogP contribution >= 0.6 is 0 Å². The van der Waals surface area contributed by atoms with Gasteiger partial charge < -0.3 is 9.47 Å². The van der Waals surface area contributed by atoms with Crippen LogP contribution in [0.4, 0.5) is 4.79 Å². The third-order valence-corrected chi connectivity index (χ3v) is 4.42. The molecule has 0 heterocycles. The molecule has 5 heteroatoms. The van der Waals surface area contributed by atoms with Gasteiger partial charge in [0, 0.05) is 5.92 Å². The van der Waals surface area contributed by atoms with E-state index in [1.807, 2.05) is 36.4 Å². The van der Waals surface area contributed by atoms with Gasteiger partial charge in [-0.25, -0.2) is 4.79 Å². The van der Waals surface area contributed by atoms with Crippen molar-refractivity contribution in [2.45, 2.75) is 5.92 Å². The number of terminal acetylenes is 1. The van der Waals surface area contributed by atoms with Crippen LogP contribution in [0.25, 0.3) is 11.1 Å². The number of ether oxygens (including phenoxy) is 2. The lowest BCUT2D eigenvalue weighted by molar-refractivity contribution is -0.141. The maximum Gasteiger partial charge on any atom is 0.411 e. The summed E-state index contributed by atoms with van der Waals surface area (Å²) in [5.74, 6) is 1.76. The number of esters is 1. The molecule has 1 aliphatic carbocycles. The van der Waals surface area contributed by atoms with E-state index in [0.717, 1.165) is 27.2 Å². The second kappa shape index (κ2) is 7.75. The van der Waals surface area contributed by atoms with E-state index in [0.29, 0.717) is 0 Å². The summed E-state index contributed by atoms with van der Waals surface area (Å²) in [6.45, 7) is -0.0851. The SMILES string of the molecule is C#CCN(CC(=O)OC)C(=O)OCC1c2ccccc2-c2ccccc21. The molecular weight excluding hydrogens is 330 g/mol. The predicted molar refractivity (Wildman–Crippen MR) is 97.5 cm³/mol. The fourth-order valence-corrected chi connectivity index (χ4v) is 3.20. The number of methoxy groups -OCH3 is 1. The summed E-state index contributed by atoms with van der Waals surface area (Å²) in [4.78, 5) is 25.0. The highest BCUT2D eigenvalue weighted by Gasteiger charge is 2.29. The summed E-state index contributed by atoms with van der Waals surface area (Å²) in [6.07, 6.45) is 4.65. The van der Waals surface area contributed by atoms with Gasteiger partial charge in [-0.2, -0.15) is 0 Å². The van der Waals surface area contributed by atoms with Crippen molar-refractivity contribution >= 4 is 12.1 Å². The average Bonchev–Trinajstić information content (AvgIpc) is 2.99. The lowest BCUT2D eigenvalue weighted by Gasteiger charge is -2.20. The standard InChI is InChI=1S/C21H19NO4/c1-3-12-22(13-20(23)25-2)21(24)26-14-19-17-10-6-4-8-15(17)16-9-5-7-11-18(16)19/h1,4-11,19H,12-14H2,2H3. The molecule has 0 fully saturated rings. The van der Waals surface area contributed by atoms with Crippen LogP contribution in [0, 0.1) is 12.3 Å². The van der Waals surface area contributed by atoms with Crippen molar-refractivity contribution < 1.29 is 19.1 Å². The molecule has 1 aliphatic rings. The molecule has 0 radical (unpaired) electrons. The number of rotatable bonds is 5. The molecule has 0 aromatic heterocycles. The van der Waals surface area contributed by atoms with Gasteiger partial charge in [-0.3, -0.25) is 9.69 Å². The van der Waals surface area contributed by atoms with Crippen LogP contribution in [0.5, 0.6) is 0 Å². The maximum absolute atomic E-state index is 12.4. The topological polar surface area (TPSA) is 55.8 Å². The molecule has 1 amide bonds. The number of benzene rings is 2. The normalized spacial score (nSPS) is 11.8. The summed E-state index contributed by atoms with van der Waals surface area (Å²) in [5.41, 5.74) is 4.55. The molecule has 5 nitrogen and oxygen atoms in total. The van der Waals surface area contributed by atoms with Crippen LogP contribution in [0.15, 0.2) is 48.5 Å². The molecule has 26 heavy (non-hydrogen) atoms. The Morgan fingerprint density at radius 2 is 1.65 bits per heavy atom. The predicted octanol–water partition coefficient (Wildman–Crippen LogP) is 3.04. The Kier molecular flexibility index (Phi) is 5.23. The summed E-state index contributed by atoms with van der Waals surface area (Å²) >= 11 is 0. The van der Waals surface area contributed by atoms with Gasteiger partial charge in [-0.15, -0.1) is 6.42 Å². The summed E-state index contributed by atoms with van der Waals surface area (Å²) in [5, 5.41) is 0.